The van der Waals surface area contributed by atoms with Crippen LogP contribution in [0.4, 0.5) is 17.1 Å². The fourth-order valence-corrected chi connectivity index (χ4v) is 2.93. The van der Waals surface area contributed by atoms with Gasteiger partial charge in [0.2, 0.25) is 0 Å². The van der Waals surface area contributed by atoms with Crippen molar-refractivity contribution in [3.05, 3.63) is 63.7 Å². The molecule has 1 heterocycles. The first-order chi connectivity index (χ1) is 12.5. The molecule has 2 aromatic carbocycles. The summed E-state index contributed by atoms with van der Waals surface area (Å²) in [5.41, 5.74) is 2.17. The van der Waals surface area contributed by atoms with Gasteiger partial charge in [-0.1, -0.05) is 12.1 Å². The van der Waals surface area contributed by atoms with E-state index in [0.29, 0.717) is 17.9 Å². The molecule has 1 aliphatic heterocycles. The third-order valence-electron chi connectivity index (χ3n) is 4.28. The maximum absolute atomic E-state index is 12.4. The lowest BCUT2D eigenvalue weighted by molar-refractivity contribution is -0.384. The standard InChI is InChI=1S/C19H21N3O4/c1-13-4-2-5-15(10-13)21-19(23)14-7-8-17(18(11-14)22(24)25)20-12-16-6-3-9-26-16/h2,4-5,7-8,10-11,16,20H,3,6,9,12H2,1H3,(H,21,23)/t16-/m1/s1. The van der Waals surface area contributed by atoms with Gasteiger partial charge in [0.15, 0.2) is 0 Å². The maximum Gasteiger partial charge on any atom is 0.293 e. The molecule has 0 unspecified atom stereocenters. The minimum absolute atomic E-state index is 0.0684. The van der Waals surface area contributed by atoms with Crippen LogP contribution in [0.15, 0.2) is 42.5 Å². The molecule has 26 heavy (non-hydrogen) atoms. The zero-order valence-electron chi connectivity index (χ0n) is 14.5. The van der Waals surface area contributed by atoms with Crippen LogP contribution in [0.5, 0.6) is 0 Å². The number of carbonyl (C=O) groups is 1. The second-order valence-corrected chi connectivity index (χ2v) is 6.33. The summed E-state index contributed by atoms with van der Waals surface area (Å²) in [6, 6.07) is 11.8. The van der Waals surface area contributed by atoms with Crippen LogP contribution >= 0.6 is 0 Å². The first kappa shape index (κ1) is 17.9. The van der Waals surface area contributed by atoms with Gasteiger partial charge in [-0.05, 0) is 49.6 Å². The Morgan fingerprint density at radius 3 is 2.85 bits per heavy atom. The Kier molecular flexibility index (Phi) is 5.48. The second-order valence-electron chi connectivity index (χ2n) is 6.33. The fourth-order valence-electron chi connectivity index (χ4n) is 2.93. The summed E-state index contributed by atoms with van der Waals surface area (Å²) < 4.78 is 5.52. The lowest BCUT2D eigenvalue weighted by atomic mass is 10.1. The number of rotatable bonds is 6. The maximum atomic E-state index is 12.4. The van der Waals surface area contributed by atoms with Crippen LogP contribution in [0.1, 0.15) is 28.8 Å². The number of benzene rings is 2. The average molecular weight is 355 g/mol. The summed E-state index contributed by atoms with van der Waals surface area (Å²) in [5.74, 6) is -0.385. The highest BCUT2D eigenvalue weighted by Gasteiger charge is 2.20. The van der Waals surface area contributed by atoms with Gasteiger partial charge in [-0.2, -0.15) is 0 Å². The van der Waals surface area contributed by atoms with Crippen molar-refractivity contribution in [1.82, 2.24) is 0 Å². The second kappa shape index (κ2) is 7.97. The van der Waals surface area contributed by atoms with Crippen molar-refractivity contribution < 1.29 is 14.5 Å². The Morgan fingerprint density at radius 1 is 1.31 bits per heavy atom. The van der Waals surface area contributed by atoms with E-state index in [2.05, 4.69) is 10.6 Å². The Morgan fingerprint density at radius 2 is 2.15 bits per heavy atom. The predicted octanol–water partition coefficient (Wildman–Crippen LogP) is 3.75. The number of nitro benzene ring substituents is 1. The number of nitrogens with zero attached hydrogens (tertiary/aromatic N) is 1. The zero-order chi connectivity index (χ0) is 18.5. The summed E-state index contributed by atoms with van der Waals surface area (Å²) in [6.07, 6.45) is 2.02. The lowest BCUT2D eigenvalue weighted by Gasteiger charge is -2.13. The molecule has 0 spiro atoms. The Hall–Kier alpha value is -2.93. The molecule has 1 aliphatic rings. The van der Waals surface area contributed by atoms with Gasteiger partial charge in [0.05, 0.1) is 11.0 Å². The van der Waals surface area contributed by atoms with Gasteiger partial charge in [0.25, 0.3) is 11.6 Å². The van der Waals surface area contributed by atoms with E-state index in [-0.39, 0.29) is 23.3 Å². The first-order valence-corrected chi connectivity index (χ1v) is 8.55. The molecule has 1 atom stereocenters. The minimum Gasteiger partial charge on any atom is -0.377 e. The molecule has 0 radical (unpaired) electrons. The molecule has 0 bridgehead atoms. The number of carbonyl (C=O) groups excluding carboxylic acids is 1. The number of amides is 1. The summed E-state index contributed by atoms with van der Waals surface area (Å²) in [6.45, 7) is 3.16. The van der Waals surface area contributed by atoms with Gasteiger partial charge in [-0.25, -0.2) is 0 Å². The average Bonchev–Trinajstić information content (AvgIpc) is 3.13. The van der Waals surface area contributed by atoms with Crippen molar-refractivity contribution >= 4 is 23.0 Å². The molecule has 2 N–H and O–H groups in total. The van der Waals surface area contributed by atoms with E-state index in [4.69, 9.17) is 4.74 Å². The van der Waals surface area contributed by atoms with Crippen LogP contribution in [0.2, 0.25) is 0 Å². The van der Waals surface area contributed by atoms with E-state index in [1.165, 1.54) is 6.07 Å². The van der Waals surface area contributed by atoms with Crippen LogP contribution in [-0.4, -0.2) is 30.1 Å². The van der Waals surface area contributed by atoms with Crippen LogP contribution in [0.3, 0.4) is 0 Å². The van der Waals surface area contributed by atoms with Gasteiger partial charge in [-0.15, -0.1) is 0 Å². The highest BCUT2D eigenvalue weighted by Crippen LogP contribution is 2.27. The Balaban J connectivity index is 1.74. The number of anilines is 2. The molecule has 7 nitrogen and oxygen atoms in total. The molecular formula is C19H21N3O4. The number of hydrogen-bond acceptors (Lipinski definition) is 5. The number of nitro groups is 1. The zero-order valence-corrected chi connectivity index (χ0v) is 14.5. The van der Waals surface area contributed by atoms with Gasteiger partial charge in [-0.3, -0.25) is 14.9 Å². The van der Waals surface area contributed by atoms with Crippen LogP contribution in [0.25, 0.3) is 0 Å². The van der Waals surface area contributed by atoms with E-state index in [1.807, 2.05) is 25.1 Å². The molecular weight excluding hydrogens is 334 g/mol. The molecule has 0 aromatic heterocycles. The summed E-state index contributed by atoms with van der Waals surface area (Å²) in [5, 5.41) is 17.2. The molecule has 3 rings (SSSR count). The topological polar surface area (TPSA) is 93.5 Å². The number of ether oxygens (including phenoxy) is 1. The monoisotopic (exact) mass is 355 g/mol. The van der Waals surface area contributed by atoms with Crippen molar-refractivity contribution in [1.29, 1.82) is 0 Å². The fraction of sp³-hybridized carbons (Fsp3) is 0.316. The van der Waals surface area contributed by atoms with Crippen LogP contribution < -0.4 is 10.6 Å². The highest BCUT2D eigenvalue weighted by atomic mass is 16.6. The lowest BCUT2D eigenvalue weighted by Crippen LogP contribution is -2.19. The summed E-state index contributed by atoms with van der Waals surface area (Å²) >= 11 is 0. The minimum atomic E-state index is -0.485. The third kappa shape index (κ3) is 4.37. The van der Waals surface area contributed by atoms with Crippen LogP contribution in [0, 0.1) is 17.0 Å². The van der Waals surface area contributed by atoms with E-state index in [1.54, 1.807) is 18.2 Å². The number of hydrogen-bond donors (Lipinski definition) is 2. The molecule has 7 heteroatoms. The first-order valence-electron chi connectivity index (χ1n) is 8.55. The molecule has 2 aromatic rings. The Labute approximate surface area is 151 Å². The van der Waals surface area contributed by atoms with Gasteiger partial charge < -0.3 is 15.4 Å². The smallest absolute Gasteiger partial charge is 0.293 e. The largest absolute Gasteiger partial charge is 0.377 e. The van der Waals surface area contributed by atoms with Crippen molar-refractivity contribution in [2.45, 2.75) is 25.9 Å². The van der Waals surface area contributed by atoms with E-state index in [0.717, 1.165) is 25.0 Å². The van der Waals surface area contributed by atoms with Gasteiger partial charge in [0, 0.05) is 30.5 Å². The molecule has 0 saturated carbocycles. The number of aryl methyl sites for hydroxylation is 1. The van der Waals surface area contributed by atoms with E-state index < -0.39 is 4.92 Å². The van der Waals surface area contributed by atoms with Crippen LogP contribution in [-0.2, 0) is 4.74 Å². The summed E-state index contributed by atoms with van der Waals surface area (Å²) in [7, 11) is 0. The third-order valence-corrected chi connectivity index (χ3v) is 4.28. The predicted molar refractivity (Wildman–Crippen MR) is 99.7 cm³/mol. The number of nitrogens with one attached hydrogen (secondary N) is 2. The van der Waals surface area contributed by atoms with Crippen molar-refractivity contribution in [3.63, 3.8) is 0 Å². The molecule has 1 saturated heterocycles. The van der Waals surface area contributed by atoms with Crippen molar-refractivity contribution in [2.75, 3.05) is 23.8 Å². The van der Waals surface area contributed by atoms with Crippen molar-refractivity contribution in [3.8, 4) is 0 Å². The Bertz CT molecular complexity index is 816. The summed E-state index contributed by atoms with van der Waals surface area (Å²) in [4.78, 5) is 23.3. The molecule has 136 valence electrons. The molecule has 1 amide bonds. The quantitative estimate of drug-likeness (QED) is 0.608. The van der Waals surface area contributed by atoms with E-state index >= 15 is 0 Å². The van der Waals surface area contributed by atoms with Crippen molar-refractivity contribution in [2.24, 2.45) is 0 Å². The van der Waals surface area contributed by atoms with Gasteiger partial charge >= 0.3 is 0 Å². The van der Waals surface area contributed by atoms with Gasteiger partial charge in [0.1, 0.15) is 5.69 Å². The SMILES string of the molecule is Cc1cccc(NC(=O)c2ccc(NC[C@H]3CCCO3)c([N+](=O)[O-])c2)c1. The molecule has 1 fully saturated rings. The highest BCUT2D eigenvalue weighted by molar-refractivity contribution is 6.05. The van der Waals surface area contributed by atoms with E-state index in [9.17, 15) is 14.9 Å². The normalized spacial score (nSPS) is 16.3. The molecule has 0 aliphatic carbocycles.